The number of ether oxygens (including phenoxy) is 1. The van der Waals surface area contributed by atoms with Crippen molar-refractivity contribution in [2.75, 3.05) is 20.2 Å². The molecular formula is C26H26N5O4+. The predicted octanol–water partition coefficient (Wildman–Crippen LogP) is 2.73. The highest BCUT2D eigenvalue weighted by atomic mass is 16.6. The number of nitrogens with zero attached hydrogens (tertiary/aromatic N) is 4. The van der Waals surface area contributed by atoms with E-state index in [1.807, 2.05) is 29.6 Å². The molecule has 4 heterocycles. The van der Waals surface area contributed by atoms with Crippen LogP contribution in [0.25, 0.3) is 22.2 Å². The number of amides is 1. The van der Waals surface area contributed by atoms with Crippen molar-refractivity contribution in [2.24, 2.45) is 0 Å². The zero-order chi connectivity index (χ0) is 24.4. The molecule has 0 bridgehead atoms. The summed E-state index contributed by atoms with van der Waals surface area (Å²) in [7, 11) is 1.00. The number of nitrogens with one attached hydrogen (secondary N) is 1. The Kier molecular flexibility index (Phi) is 6.00. The number of rotatable bonds is 3. The lowest BCUT2D eigenvalue weighted by Gasteiger charge is -2.23. The zero-order valence-electron chi connectivity index (χ0n) is 19.3. The molecule has 9 heteroatoms. The standard InChI is InChI=1S/C25H21N5O3.CH4O/c31-24(33-20-7-5-19(28-32)6-8-20)29-11-9-25(16-29)10-12-30-23(25)14-22(27-30)18-13-17-3-1-2-4-21(17)26-15-18;1-2/h1-8,13-15H,9-12,16H2;2H,1H3/p+1. The molecule has 1 saturated heterocycles. The van der Waals surface area contributed by atoms with E-state index >= 15 is 0 Å². The average Bonchev–Trinajstić information content (AvgIpc) is 3.62. The van der Waals surface area contributed by atoms with Gasteiger partial charge in [-0.15, -0.1) is 0 Å². The number of hydrogen-bond acceptors (Lipinski definition) is 6. The highest BCUT2D eigenvalue weighted by molar-refractivity contribution is 5.82. The van der Waals surface area contributed by atoms with Gasteiger partial charge >= 0.3 is 6.09 Å². The Hall–Kier alpha value is -4.11. The number of aryl methyl sites for hydroxylation is 1. The van der Waals surface area contributed by atoms with Crippen LogP contribution >= 0.6 is 0 Å². The van der Waals surface area contributed by atoms with Crippen molar-refractivity contribution in [3.63, 3.8) is 0 Å². The number of pyridine rings is 1. The van der Waals surface area contributed by atoms with Gasteiger partial charge in [0.2, 0.25) is 0 Å². The van der Waals surface area contributed by atoms with Crippen molar-refractivity contribution in [2.45, 2.75) is 24.8 Å². The van der Waals surface area contributed by atoms with Crippen LogP contribution in [0.4, 0.5) is 10.5 Å². The average molecular weight is 473 g/mol. The number of aromatic nitrogens is 3. The molecule has 1 atom stereocenters. The predicted molar refractivity (Wildman–Crippen MR) is 130 cm³/mol. The van der Waals surface area contributed by atoms with Gasteiger partial charge in [0.15, 0.2) is 0 Å². The van der Waals surface area contributed by atoms with Gasteiger partial charge in [-0.2, -0.15) is 5.10 Å². The molecule has 1 unspecified atom stereocenters. The van der Waals surface area contributed by atoms with Crippen LogP contribution in [-0.4, -0.2) is 51.1 Å². The number of aliphatic hydroxyl groups excluding tert-OH is 1. The summed E-state index contributed by atoms with van der Waals surface area (Å²) in [5.74, 6) is 0.419. The largest absolute Gasteiger partial charge is 0.415 e. The normalized spacial score (nSPS) is 18.3. The molecule has 178 valence electrons. The van der Waals surface area contributed by atoms with Gasteiger partial charge in [0.05, 0.1) is 11.2 Å². The molecule has 6 rings (SSSR count). The minimum Gasteiger partial charge on any atom is -0.410 e. The first-order valence-electron chi connectivity index (χ1n) is 11.5. The summed E-state index contributed by atoms with van der Waals surface area (Å²) < 4.78 is 7.61. The molecule has 1 spiro atoms. The summed E-state index contributed by atoms with van der Waals surface area (Å²) in [6, 6.07) is 18.7. The monoisotopic (exact) mass is 472 g/mol. The van der Waals surface area contributed by atoms with Crippen LogP contribution in [0.3, 0.4) is 0 Å². The van der Waals surface area contributed by atoms with Crippen LogP contribution in [0.5, 0.6) is 5.75 Å². The third-order valence-electron chi connectivity index (χ3n) is 6.80. The van der Waals surface area contributed by atoms with Crippen molar-refractivity contribution in [1.82, 2.24) is 19.7 Å². The fourth-order valence-electron chi connectivity index (χ4n) is 5.01. The molecule has 1 amide bonds. The number of hydrogen-bond donors (Lipinski definition) is 2. The minimum atomic E-state index is -0.369. The quantitative estimate of drug-likeness (QED) is 0.474. The van der Waals surface area contributed by atoms with Crippen molar-refractivity contribution in [3.05, 3.63) is 77.5 Å². The number of nitroso groups, excluding NO2 is 1. The molecule has 2 N–H and O–H groups in total. The molecule has 0 radical (unpaired) electrons. The third-order valence-corrected chi connectivity index (χ3v) is 6.80. The van der Waals surface area contributed by atoms with Crippen molar-refractivity contribution < 1.29 is 19.8 Å². The fraction of sp³-hybridized carbons (Fsp3) is 0.269. The number of fused-ring (bicyclic) bond motifs is 3. The molecule has 0 saturated carbocycles. The first-order chi connectivity index (χ1) is 17.1. The SMILES string of the molecule is CO.O=[NH+]c1ccc(OC(=O)N2CCC3(CCn4nc(-c5cnc6ccccc6c5)cc43)C2)cc1. The van der Waals surface area contributed by atoms with E-state index in [0.29, 0.717) is 24.5 Å². The second-order valence-corrected chi connectivity index (χ2v) is 8.75. The van der Waals surface area contributed by atoms with Gasteiger partial charge < -0.3 is 14.7 Å². The fourth-order valence-corrected chi connectivity index (χ4v) is 5.01. The van der Waals surface area contributed by atoms with Gasteiger partial charge in [0.25, 0.3) is 5.69 Å². The summed E-state index contributed by atoms with van der Waals surface area (Å²) in [5.41, 5.74) is 4.36. The topological polar surface area (TPSA) is 112 Å². The third kappa shape index (κ3) is 4.15. The molecule has 2 aromatic carbocycles. The molecule has 2 aromatic heterocycles. The van der Waals surface area contributed by atoms with E-state index in [9.17, 15) is 9.70 Å². The maximum Gasteiger partial charge on any atom is 0.415 e. The maximum absolute atomic E-state index is 12.8. The van der Waals surface area contributed by atoms with E-state index in [1.54, 1.807) is 29.2 Å². The van der Waals surface area contributed by atoms with Gasteiger partial charge in [-0.1, -0.05) is 18.2 Å². The lowest BCUT2D eigenvalue weighted by atomic mass is 9.82. The summed E-state index contributed by atoms with van der Waals surface area (Å²) >= 11 is 0. The molecule has 4 aromatic rings. The summed E-state index contributed by atoms with van der Waals surface area (Å²) in [5, 5.41) is 14.8. The highest BCUT2D eigenvalue weighted by Gasteiger charge is 2.47. The molecule has 2 aliphatic rings. The van der Waals surface area contributed by atoms with E-state index in [4.69, 9.17) is 14.9 Å². The van der Waals surface area contributed by atoms with E-state index in [2.05, 4.69) is 27.9 Å². The first-order valence-corrected chi connectivity index (χ1v) is 11.5. The lowest BCUT2D eigenvalue weighted by Crippen LogP contribution is -2.55. The van der Waals surface area contributed by atoms with E-state index < -0.39 is 0 Å². The highest BCUT2D eigenvalue weighted by Crippen LogP contribution is 2.44. The molecule has 35 heavy (non-hydrogen) atoms. The Balaban J connectivity index is 0.00000124. The number of aliphatic hydroxyl groups is 1. The molecular weight excluding hydrogens is 446 g/mol. The first kappa shape index (κ1) is 22.7. The second kappa shape index (κ2) is 9.27. The smallest absolute Gasteiger partial charge is 0.410 e. The van der Waals surface area contributed by atoms with Crippen LogP contribution in [0.1, 0.15) is 18.5 Å². The van der Waals surface area contributed by atoms with Gasteiger partial charge in [-0.05, 0) is 43.2 Å². The maximum atomic E-state index is 12.8. The number of likely N-dealkylation sites (tertiary alicyclic amines) is 1. The van der Waals surface area contributed by atoms with Gasteiger partial charge in [-0.25, -0.2) is 4.79 Å². The van der Waals surface area contributed by atoms with E-state index in [1.165, 1.54) is 5.69 Å². The van der Waals surface area contributed by atoms with Crippen LogP contribution in [0.2, 0.25) is 0 Å². The van der Waals surface area contributed by atoms with E-state index in [-0.39, 0.29) is 11.5 Å². The molecule has 9 nitrogen and oxygen atoms in total. The Morgan fingerprint density at radius 1 is 1.06 bits per heavy atom. The summed E-state index contributed by atoms with van der Waals surface area (Å²) in [6.45, 7) is 2.08. The zero-order valence-corrected chi connectivity index (χ0v) is 19.3. The van der Waals surface area contributed by atoms with Gasteiger partial charge in [0.1, 0.15) is 5.75 Å². The van der Waals surface area contributed by atoms with E-state index in [0.717, 1.165) is 48.7 Å². The molecule has 0 aliphatic carbocycles. The molecule has 2 aliphatic heterocycles. The van der Waals surface area contributed by atoms with Crippen molar-refractivity contribution in [3.8, 4) is 17.0 Å². The van der Waals surface area contributed by atoms with Crippen LogP contribution in [0, 0.1) is 4.91 Å². The number of carbonyl (C=O) groups excluding carboxylic acids is 1. The summed E-state index contributed by atoms with van der Waals surface area (Å²) in [6.07, 6.45) is 3.34. The Bertz CT molecular complexity index is 1380. The van der Waals surface area contributed by atoms with Crippen LogP contribution < -0.4 is 9.91 Å². The molecule has 1 fully saturated rings. The Morgan fingerprint density at radius 2 is 1.83 bits per heavy atom. The van der Waals surface area contributed by atoms with Crippen molar-refractivity contribution >= 4 is 22.7 Å². The minimum absolute atomic E-state index is 0.106. The Morgan fingerprint density at radius 3 is 2.63 bits per heavy atom. The summed E-state index contributed by atoms with van der Waals surface area (Å²) in [4.78, 5) is 29.8. The number of para-hydroxylation sites is 1. The second-order valence-electron chi connectivity index (χ2n) is 8.75. The van der Waals surface area contributed by atoms with Gasteiger partial charge in [-0.3, -0.25) is 9.67 Å². The number of carbonyl (C=O) groups is 1. The van der Waals surface area contributed by atoms with Gasteiger partial charge in [0, 0.05) is 77.2 Å². The lowest BCUT2D eigenvalue weighted by molar-refractivity contribution is -0.379. The van der Waals surface area contributed by atoms with Crippen molar-refractivity contribution in [1.29, 1.82) is 0 Å². The Labute approximate surface area is 201 Å². The van der Waals surface area contributed by atoms with Crippen LogP contribution in [-0.2, 0) is 12.0 Å². The van der Waals surface area contributed by atoms with Crippen LogP contribution in [0.15, 0.2) is 66.9 Å². The number of benzene rings is 2.